The summed E-state index contributed by atoms with van der Waals surface area (Å²) in [6, 6.07) is 16.5. The number of hydrogen-bond acceptors (Lipinski definition) is 0. The summed E-state index contributed by atoms with van der Waals surface area (Å²) >= 11 is 9.80. The van der Waals surface area contributed by atoms with Crippen LogP contribution in [0.5, 0.6) is 0 Å². The van der Waals surface area contributed by atoms with Gasteiger partial charge in [-0.25, -0.2) is 0 Å². The van der Waals surface area contributed by atoms with Crippen LogP contribution < -0.4 is 0 Å². The van der Waals surface area contributed by atoms with Crippen molar-refractivity contribution in [3.05, 3.63) is 69.7 Å². The SMILES string of the molecule is CCc1cc(CCl)c(C(C)(CC)CC)cc1Br.c1ccccc1. The van der Waals surface area contributed by atoms with Gasteiger partial charge in [-0.3, -0.25) is 0 Å². The predicted molar refractivity (Wildman–Crippen MR) is 107 cm³/mol. The van der Waals surface area contributed by atoms with Crippen molar-refractivity contribution in [2.75, 3.05) is 0 Å². The fourth-order valence-electron chi connectivity index (χ4n) is 2.63. The Kier molecular flexibility index (Phi) is 8.94. The highest BCUT2D eigenvalue weighted by Gasteiger charge is 2.25. The first-order valence-corrected chi connectivity index (χ1v) is 9.72. The number of halogens is 2. The Labute approximate surface area is 155 Å². The Balaban J connectivity index is 0.000000366. The lowest BCUT2D eigenvalue weighted by Crippen LogP contribution is -2.21. The van der Waals surface area contributed by atoms with Crippen LogP contribution in [0.25, 0.3) is 0 Å². The molecule has 0 saturated carbocycles. The van der Waals surface area contributed by atoms with E-state index in [9.17, 15) is 0 Å². The van der Waals surface area contributed by atoms with Gasteiger partial charge in [0, 0.05) is 10.4 Å². The van der Waals surface area contributed by atoms with E-state index in [1.165, 1.54) is 21.2 Å². The maximum Gasteiger partial charge on any atom is 0.0477 e. The largest absolute Gasteiger partial charge is 0.122 e. The molecule has 0 spiro atoms. The van der Waals surface area contributed by atoms with Gasteiger partial charge < -0.3 is 0 Å². The molecular formula is C21H28BrCl. The van der Waals surface area contributed by atoms with Gasteiger partial charge in [0.2, 0.25) is 0 Å². The van der Waals surface area contributed by atoms with Gasteiger partial charge in [-0.2, -0.15) is 0 Å². The summed E-state index contributed by atoms with van der Waals surface area (Å²) < 4.78 is 1.22. The van der Waals surface area contributed by atoms with E-state index < -0.39 is 0 Å². The fourth-order valence-corrected chi connectivity index (χ4v) is 3.47. The molecule has 0 aliphatic carbocycles. The van der Waals surface area contributed by atoms with Crippen LogP contribution in [0.3, 0.4) is 0 Å². The monoisotopic (exact) mass is 394 g/mol. The topological polar surface area (TPSA) is 0 Å². The molecule has 0 aliphatic rings. The molecule has 2 heteroatoms. The molecule has 0 saturated heterocycles. The van der Waals surface area contributed by atoms with Gasteiger partial charge in [-0.1, -0.05) is 86.1 Å². The number of hydrogen-bond donors (Lipinski definition) is 0. The van der Waals surface area contributed by atoms with Crippen LogP contribution >= 0.6 is 27.5 Å². The molecule has 2 aromatic rings. The van der Waals surface area contributed by atoms with Crippen LogP contribution in [0.4, 0.5) is 0 Å². The second kappa shape index (κ2) is 10.2. The molecular weight excluding hydrogens is 368 g/mol. The van der Waals surface area contributed by atoms with Crippen molar-refractivity contribution in [2.24, 2.45) is 0 Å². The number of aryl methyl sites for hydroxylation is 1. The van der Waals surface area contributed by atoms with Crippen LogP contribution in [0.2, 0.25) is 0 Å². The molecule has 0 nitrogen and oxygen atoms in total. The van der Waals surface area contributed by atoms with E-state index in [-0.39, 0.29) is 5.41 Å². The molecule has 0 aromatic heterocycles. The molecule has 0 fully saturated rings. The summed E-state index contributed by atoms with van der Waals surface area (Å²) in [7, 11) is 0. The minimum Gasteiger partial charge on any atom is -0.122 e. The number of rotatable bonds is 5. The summed E-state index contributed by atoms with van der Waals surface area (Å²) in [5, 5.41) is 0. The zero-order valence-electron chi connectivity index (χ0n) is 14.7. The zero-order valence-corrected chi connectivity index (χ0v) is 17.0. The zero-order chi connectivity index (χ0) is 17.3. The van der Waals surface area contributed by atoms with E-state index in [2.05, 4.69) is 55.8 Å². The van der Waals surface area contributed by atoms with Crippen molar-refractivity contribution in [3.63, 3.8) is 0 Å². The smallest absolute Gasteiger partial charge is 0.0477 e. The highest BCUT2D eigenvalue weighted by atomic mass is 79.9. The summed E-state index contributed by atoms with van der Waals surface area (Å²) in [6.45, 7) is 9.01. The van der Waals surface area contributed by atoms with Crippen LogP contribution in [0.15, 0.2) is 53.0 Å². The molecule has 0 unspecified atom stereocenters. The third kappa shape index (κ3) is 5.65. The predicted octanol–water partition coefficient (Wildman–Crippen LogP) is 7.51. The van der Waals surface area contributed by atoms with Crippen molar-refractivity contribution in [1.82, 2.24) is 0 Å². The summed E-state index contributed by atoms with van der Waals surface area (Å²) in [6.07, 6.45) is 3.33. The first-order valence-electron chi connectivity index (χ1n) is 8.40. The molecule has 0 N–H and O–H groups in total. The third-order valence-electron chi connectivity index (χ3n) is 4.67. The first kappa shape index (κ1) is 20.3. The van der Waals surface area contributed by atoms with Gasteiger partial charge in [0.15, 0.2) is 0 Å². The molecule has 0 aliphatic heterocycles. The molecule has 0 amide bonds. The van der Waals surface area contributed by atoms with Gasteiger partial charge in [-0.05, 0) is 47.4 Å². The molecule has 0 atom stereocenters. The van der Waals surface area contributed by atoms with Crippen LogP contribution in [-0.4, -0.2) is 0 Å². The lowest BCUT2D eigenvalue weighted by molar-refractivity contribution is 0.436. The minimum absolute atomic E-state index is 0.235. The fraction of sp³-hybridized carbons (Fsp3) is 0.429. The quantitative estimate of drug-likeness (QED) is 0.459. The normalized spacial score (nSPS) is 10.9. The highest BCUT2D eigenvalue weighted by molar-refractivity contribution is 9.10. The van der Waals surface area contributed by atoms with Crippen molar-refractivity contribution in [1.29, 1.82) is 0 Å². The summed E-state index contributed by atoms with van der Waals surface area (Å²) in [5.41, 5.74) is 4.28. The molecule has 0 radical (unpaired) electrons. The van der Waals surface area contributed by atoms with Crippen LogP contribution in [0, 0.1) is 0 Å². The lowest BCUT2D eigenvalue weighted by Gasteiger charge is -2.30. The van der Waals surface area contributed by atoms with E-state index in [4.69, 9.17) is 11.6 Å². The van der Waals surface area contributed by atoms with Gasteiger partial charge in [0.1, 0.15) is 0 Å². The lowest BCUT2D eigenvalue weighted by atomic mass is 9.75. The second-order valence-corrected chi connectivity index (χ2v) is 7.13. The Bertz CT molecular complexity index is 547. The summed E-state index contributed by atoms with van der Waals surface area (Å²) in [4.78, 5) is 0. The Morgan fingerprint density at radius 1 is 0.870 bits per heavy atom. The molecule has 0 bridgehead atoms. The third-order valence-corrected chi connectivity index (χ3v) is 5.70. The van der Waals surface area contributed by atoms with Crippen molar-refractivity contribution >= 4 is 27.5 Å². The minimum atomic E-state index is 0.235. The van der Waals surface area contributed by atoms with E-state index in [1.54, 1.807) is 0 Å². The summed E-state index contributed by atoms with van der Waals surface area (Å²) in [5.74, 6) is 0.602. The van der Waals surface area contributed by atoms with Crippen LogP contribution in [0.1, 0.15) is 57.2 Å². The maximum atomic E-state index is 6.12. The molecule has 126 valence electrons. The Morgan fingerprint density at radius 3 is 1.70 bits per heavy atom. The van der Waals surface area contributed by atoms with Crippen molar-refractivity contribution < 1.29 is 0 Å². The second-order valence-electron chi connectivity index (χ2n) is 6.01. The Hall–Kier alpha value is -0.790. The highest BCUT2D eigenvalue weighted by Crippen LogP contribution is 2.37. The van der Waals surface area contributed by atoms with Crippen molar-refractivity contribution in [2.45, 2.75) is 58.3 Å². The van der Waals surface area contributed by atoms with E-state index in [0.29, 0.717) is 5.88 Å². The van der Waals surface area contributed by atoms with E-state index in [0.717, 1.165) is 19.3 Å². The van der Waals surface area contributed by atoms with Gasteiger partial charge >= 0.3 is 0 Å². The molecule has 23 heavy (non-hydrogen) atoms. The maximum absolute atomic E-state index is 6.12. The van der Waals surface area contributed by atoms with Gasteiger partial charge in [0.25, 0.3) is 0 Å². The standard InChI is InChI=1S/C15H22BrCl.C6H6/c1-5-11-8-12(10-17)13(9-14(11)16)15(4,6-2)7-3;1-2-4-6-5-3-1/h8-9H,5-7,10H2,1-4H3;1-6H. The molecule has 2 aromatic carbocycles. The van der Waals surface area contributed by atoms with Crippen LogP contribution in [-0.2, 0) is 17.7 Å². The number of benzene rings is 2. The molecule has 0 heterocycles. The van der Waals surface area contributed by atoms with Crippen molar-refractivity contribution in [3.8, 4) is 0 Å². The molecule has 2 rings (SSSR count). The number of alkyl halides is 1. The average Bonchev–Trinajstić information content (AvgIpc) is 2.62. The van der Waals surface area contributed by atoms with Gasteiger partial charge in [0.05, 0.1) is 0 Å². The first-order chi connectivity index (χ1) is 11.0. The Morgan fingerprint density at radius 2 is 1.35 bits per heavy atom. The van der Waals surface area contributed by atoms with Gasteiger partial charge in [-0.15, -0.1) is 11.6 Å². The van der Waals surface area contributed by atoms with E-state index >= 15 is 0 Å². The average molecular weight is 396 g/mol. The van der Waals surface area contributed by atoms with E-state index in [1.807, 2.05) is 36.4 Å².